The lowest BCUT2D eigenvalue weighted by Crippen LogP contribution is -1.97. The van der Waals surface area contributed by atoms with Crippen LogP contribution in [0.25, 0.3) is 0 Å². The average molecular weight is 260 g/mol. The molecule has 1 atom stereocenters. The van der Waals surface area contributed by atoms with Gasteiger partial charge >= 0.3 is 0 Å². The topological polar surface area (TPSA) is 61.8 Å². The van der Waals surface area contributed by atoms with Crippen molar-refractivity contribution in [3.8, 4) is 0 Å². The van der Waals surface area contributed by atoms with Gasteiger partial charge in [0.1, 0.15) is 11.8 Å². The van der Waals surface area contributed by atoms with Crippen LogP contribution in [-0.4, -0.2) is 20.5 Å². The van der Waals surface area contributed by atoms with Crippen molar-refractivity contribution >= 4 is 27.3 Å². The molecule has 0 radical (unpaired) electrons. The molecule has 0 bridgehead atoms. The van der Waals surface area contributed by atoms with Crippen molar-refractivity contribution in [2.75, 3.05) is 0 Å². The number of rotatable bonds is 2. The molecule has 4 nitrogen and oxygen atoms in total. The van der Waals surface area contributed by atoms with Crippen molar-refractivity contribution in [3.63, 3.8) is 0 Å². The molecule has 2 N–H and O–H groups in total. The quantitative estimate of drug-likeness (QED) is 0.864. The van der Waals surface area contributed by atoms with E-state index in [1.165, 1.54) is 17.5 Å². The summed E-state index contributed by atoms with van der Waals surface area (Å²) in [6, 6.07) is 1.89. The zero-order chi connectivity index (χ0) is 9.26. The van der Waals surface area contributed by atoms with Crippen molar-refractivity contribution in [1.29, 1.82) is 0 Å². The molecule has 2 rings (SSSR count). The van der Waals surface area contributed by atoms with Gasteiger partial charge in [0, 0.05) is 4.47 Å². The first kappa shape index (κ1) is 8.86. The molecule has 1 unspecified atom stereocenters. The lowest BCUT2D eigenvalue weighted by Gasteiger charge is -2.04. The van der Waals surface area contributed by atoms with Crippen LogP contribution in [0.15, 0.2) is 22.1 Å². The van der Waals surface area contributed by atoms with E-state index in [4.69, 9.17) is 0 Å². The molecule has 68 valence electrons. The monoisotopic (exact) mass is 259 g/mol. The first-order valence-electron chi connectivity index (χ1n) is 3.55. The van der Waals surface area contributed by atoms with Crippen molar-refractivity contribution in [2.45, 2.75) is 6.10 Å². The fourth-order valence-corrected chi connectivity index (χ4v) is 2.56. The Hall–Kier alpha value is -0.720. The highest BCUT2D eigenvalue weighted by Gasteiger charge is 2.16. The molecule has 0 spiro atoms. The third-order valence-corrected chi connectivity index (χ3v) is 3.53. The van der Waals surface area contributed by atoms with Crippen LogP contribution in [0, 0.1) is 0 Å². The summed E-state index contributed by atoms with van der Waals surface area (Å²) in [5, 5.41) is 21.6. The van der Waals surface area contributed by atoms with Crippen LogP contribution in [0.2, 0.25) is 0 Å². The van der Waals surface area contributed by atoms with Crippen LogP contribution in [0.4, 0.5) is 0 Å². The summed E-state index contributed by atoms with van der Waals surface area (Å²) in [6.07, 6.45) is 0.810. The minimum atomic E-state index is -0.701. The summed E-state index contributed by atoms with van der Waals surface area (Å²) in [7, 11) is 0. The van der Waals surface area contributed by atoms with E-state index in [0.717, 1.165) is 9.35 Å². The molecule has 0 amide bonds. The zero-order valence-corrected chi connectivity index (χ0v) is 8.84. The summed E-state index contributed by atoms with van der Waals surface area (Å²) in [5.74, 6) is 0. The summed E-state index contributed by atoms with van der Waals surface area (Å²) in [5.41, 5.74) is 0.531. The number of nitrogens with one attached hydrogen (secondary N) is 1. The normalized spacial score (nSPS) is 13.1. The number of H-pyrrole nitrogens is 1. The number of aliphatic hydroxyl groups excluding tert-OH is 1. The summed E-state index contributed by atoms with van der Waals surface area (Å²) in [4.78, 5) is 0.842. The average Bonchev–Trinajstić information content (AvgIpc) is 2.72. The Morgan fingerprint density at radius 2 is 2.46 bits per heavy atom. The maximum Gasteiger partial charge on any atom is 0.135 e. The van der Waals surface area contributed by atoms with Crippen molar-refractivity contribution in [3.05, 3.63) is 32.7 Å². The molecule has 6 heteroatoms. The van der Waals surface area contributed by atoms with E-state index in [-0.39, 0.29) is 0 Å². The predicted octanol–water partition coefficient (Wildman–Crippen LogP) is 1.71. The molecular formula is C7H6BrN3OS. The van der Waals surface area contributed by atoms with Gasteiger partial charge in [-0.15, -0.1) is 11.3 Å². The van der Waals surface area contributed by atoms with Crippen LogP contribution in [0.5, 0.6) is 0 Å². The number of hydrogen-bond donors (Lipinski definition) is 2. The zero-order valence-electron chi connectivity index (χ0n) is 6.44. The van der Waals surface area contributed by atoms with E-state index < -0.39 is 6.10 Å². The van der Waals surface area contributed by atoms with Gasteiger partial charge in [-0.3, -0.25) is 0 Å². The first-order chi connectivity index (χ1) is 6.29. The number of aromatic amines is 1. The van der Waals surface area contributed by atoms with E-state index in [1.807, 2.05) is 11.4 Å². The largest absolute Gasteiger partial charge is 0.381 e. The van der Waals surface area contributed by atoms with E-state index in [1.54, 1.807) is 0 Å². The maximum absolute atomic E-state index is 9.81. The molecule has 0 saturated heterocycles. The van der Waals surface area contributed by atoms with Gasteiger partial charge in [-0.25, -0.2) is 0 Å². The SMILES string of the molecule is OC(c1cn[nH]n1)c1sccc1Br. The Kier molecular flexibility index (Phi) is 2.43. The molecule has 0 fully saturated rings. The van der Waals surface area contributed by atoms with Crippen molar-refractivity contribution < 1.29 is 5.11 Å². The molecule has 0 saturated carbocycles. The van der Waals surface area contributed by atoms with E-state index in [0.29, 0.717) is 5.69 Å². The van der Waals surface area contributed by atoms with E-state index in [2.05, 4.69) is 31.3 Å². The number of hydrogen-bond acceptors (Lipinski definition) is 4. The van der Waals surface area contributed by atoms with Crippen LogP contribution in [-0.2, 0) is 0 Å². The molecule has 0 aliphatic rings. The summed E-state index contributed by atoms with van der Waals surface area (Å²) in [6.45, 7) is 0. The lowest BCUT2D eigenvalue weighted by molar-refractivity contribution is 0.218. The first-order valence-corrected chi connectivity index (χ1v) is 5.23. The van der Waals surface area contributed by atoms with Crippen molar-refractivity contribution in [1.82, 2.24) is 15.4 Å². The fourth-order valence-electron chi connectivity index (χ4n) is 0.977. The highest BCUT2D eigenvalue weighted by Crippen LogP contribution is 2.31. The maximum atomic E-state index is 9.81. The number of aliphatic hydroxyl groups is 1. The Morgan fingerprint density at radius 1 is 1.62 bits per heavy atom. The van der Waals surface area contributed by atoms with Gasteiger partial charge in [-0.2, -0.15) is 15.4 Å². The van der Waals surface area contributed by atoms with Gasteiger partial charge in [0.25, 0.3) is 0 Å². The molecule has 2 heterocycles. The molecule has 0 aromatic carbocycles. The predicted molar refractivity (Wildman–Crippen MR) is 52.5 cm³/mol. The highest BCUT2D eigenvalue weighted by atomic mass is 79.9. The number of halogens is 1. The third-order valence-electron chi connectivity index (χ3n) is 1.61. The molecule has 13 heavy (non-hydrogen) atoms. The lowest BCUT2D eigenvalue weighted by atomic mass is 10.2. The smallest absolute Gasteiger partial charge is 0.135 e. The second-order valence-electron chi connectivity index (χ2n) is 2.43. The second-order valence-corrected chi connectivity index (χ2v) is 4.23. The van der Waals surface area contributed by atoms with Gasteiger partial charge in [-0.05, 0) is 27.4 Å². The van der Waals surface area contributed by atoms with Gasteiger partial charge in [0.15, 0.2) is 0 Å². The van der Waals surface area contributed by atoms with Gasteiger partial charge in [-0.1, -0.05) is 0 Å². The minimum Gasteiger partial charge on any atom is -0.381 e. The molecule has 0 aliphatic heterocycles. The Bertz CT molecular complexity index is 386. The summed E-state index contributed by atoms with van der Waals surface area (Å²) < 4.78 is 0.896. The molecule has 2 aromatic rings. The van der Waals surface area contributed by atoms with E-state index in [9.17, 15) is 5.11 Å². The van der Waals surface area contributed by atoms with Gasteiger partial charge in [0.05, 0.1) is 11.1 Å². The number of nitrogens with zero attached hydrogens (tertiary/aromatic N) is 2. The standard InChI is InChI=1S/C7H6BrN3OS/c8-4-1-2-13-7(4)6(12)5-3-9-11-10-5/h1-3,6,12H,(H,9,10,11). The number of aromatic nitrogens is 3. The highest BCUT2D eigenvalue weighted by molar-refractivity contribution is 9.10. The third kappa shape index (κ3) is 1.65. The van der Waals surface area contributed by atoms with Gasteiger partial charge in [0.2, 0.25) is 0 Å². The van der Waals surface area contributed by atoms with Crippen LogP contribution in [0.3, 0.4) is 0 Å². The Morgan fingerprint density at radius 3 is 3.00 bits per heavy atom. The Balaban J connectivity index is 2.33. The second kappa shape index (κ2) is 3.57. The Labute approximate surface area is 86.7 Å². The molecule has 0 aliphatic carbocycles. The van der Waals surface area contributed by atoms with Crippen LogP contribution >= 0.6 is 27.3 Å². The van der Waals surface area contributed by atoms with Crippen LogP contribution < -0.4 is 0 Å². The number of thiophene rings is 1. The minimum absolute atomic E-state index is 0.531. The van der Waals surface area contributed by atoms with Gasteiger partial charge < -0.3 is 5.11 Å². The summed E-state index contributed by atoms with van der Waals surface area (Å²) >= 11 is 4.82. The van der Waals surface area contributed by atoms with Crippen molar-refractivity contribution in [2.24, 2.45) is 0 Å². The molecule has 2 aromatic heterocycles. The van der Waals surface area contributed by atoms with E-state index >= 15 is 0 Å². The fraction of sp³-hybridized carbons (Fsp3) is 0.143. The van der Waals surface area contributed by atoms with Crippen LogP contribution in [0.1, 0.15) is 16.7 Å². The molecular weight excluding hydrogens is 254 g/mol.